The summed E-state index contributed by atoms with van der Waals surface area (Å²) in [5.74, 6) is -1.29. The molecule has 1 amide bonds. The molecule has 3 aromatic heterocycles. The molecule has 0 spiro atoms. The van der Waals surface area contributed by atoms with Gasteiger partial charge in [-0.3, -0.25) is 14.6 Å². The zero-order valence-electron chi connectivity index (χ0n) is 13.8. The van der Waals surface area contributed by atoms with Crippen LogP contribution in [0.2, 0.25) is 0 Å². The van der Waals surface area contributed by atoms with Gasteiger partial charge in [-0.15, -0.1) is 0 Å². The first-order valence-corrected chi connectivity index (χ1v) is 8.15. The number of nitrogens with zero attached hydrogens (tertiary/aromatic N) is 2. The van der Waals surface area contributed by atoms with Crippen molar-refractivity contribution in [1.82, 2.24) is 9.38 Å². The lowest BCUT2D eigenvalue weighted by Crippen LogP contribution is -2.24. The van der Waals surface area contributed by atoms with E-state index in [0.717, 1.165) is 16.6 Å². The minimum Gasteiger partial charge on any atom is -0.318 e. The van der Waals surface area contributed by atoms with Crippen molar-refractivity contribution < 1.29 is 9.59 Å². The average molecular weight is 341 g/mol. The van der Waals surface area contributed by atoms with Crippen molar-refractivity contribution in [3.63, 3.8) is 0 Å². The molecule has 0 radical (unpaired) electrons. The van der Waals surface area contributed by atoms with Crippen LogP contribution in [0.1, 0.15) is 10.5 Å². The van der Waals surface area contributed by atoms with E-state index in [-0.39, 0.29) is 0 Å². The lowest BCUT2D eigenvalue weighted by molar-refractivity contribution is -0.112. The minimum atomic E-state index is -0.695. The third kappa shape index (κ3) is 2.86. The monoisotopic (exact) mass is 341 g/mol. The van der Waals surface area contributed by atoms with Crippen LogP contribution in [0, 0.1) is 0 Å². The molecule has 0 aliphatic carbocycles. The molecule has 0 aliphatic heterocycles. The molecular weight excluding hydrogens is 326 g/mol. The van der Waals surface area contributed by atoms with Gasteiger partial charge in [0.1, 0.15) is 5.69 Å². The van der Waals surface area contributed by atoms with Crippen LogP contribution in [0.3, 0.4) is 0 Å². The Morgan fingerprint density at radius 2 is 1.73 bits per heavy atom. The molecule has 0 unspecified atom stereocenters. The van der Waals surface area contributed by atoms with E-state index < -0.39 is 11.7 Å². The minimum absolute atomic E-state index is 0.341. The zero-order valence-corrected chi connectivity index (χ0v) is 13.8. The Bertz CT molecular complexity index is 1090. The summed E-state index contributed by atoms with van der Waals surface area (Å²) >= 11 is 0. The molecule has 5 heteroatoms. The zero-order chi connectivity index (χ0) is 17.9. The second-order valence-electron chi connectivity index (χ2n) is 5.79. The number of anilines is 1. The largest absolute Gasteiger partial charge is 0.318 e. The van der Waals surface area contributed by atoms with Gasteiger partial charge in [0.2, 0.25) is 0 Å². The summed E-state index contributed by atoms with van der Waals surface area (Å²) < 4.78 is 1.74. The Kier molecular flexibility index (Phi) is 4.03. The molecule has 4 rings (SSSR count). The Morgan fingerprint density at radius 1 is 0.923 bits per heavy atom. The van der Waals surface area contributed by atoms with E-state index >= 15 is 0 Å². The van der Waals surface area contributed by atoms with Crippen LogP contribution in [0.5, 0.6) is 0 Å². The Balaban J connectivity index is 1.79. The van der Waals surface area contributed by atoms with Crippen LogP contribution in [-0.2, 0) is 4.79 Å². The number of benzene rings is 1. The summed E-state index contributed by atoms with van der Waals surface area (Å²) in [5, 5.41) is 2.61. The second-order valence-corrected chi connectivity index (χ2v) is 5.79. The maximum absolute atomic E-state index is 13.0. The van der Waals surface area contributed by atoms with E-state index in [2.05, 4.69) is 10.3 Å². The van der Waals surface area contributed by atoms with Crippen molar-refractivity contribution in [3.05, 3.63) is 91.0 Å². The number of aromatic nitrogens is 2. The number of carbonyl (C=O) groups excluding carboxylic acids is 2. The standard InChI is InChI=1S/C21H15N3O2/c25-20(21(26)23-16-9-6-11-22-14-16)19-18(15-7-2-1-3-8-15)13-17-10-4-5-12-24(17)19/h1-14H,(H,23,26). The van der Waals surface area contributed by atoms with E-state index in [0.29, 0.717) is 11.4 Å². The van der Waals surface area contributed by atoms with Gasteiger partial charge >= 0.3 is 0 Å². The van der Waals surface area contributed by atoms with E-state index in [1.165, 1.54) is 6.20 Å². The number of Topliss-reactive ketones (excluding diaryl/α,β-unsaturated/α-hetero) is 1. The molecule has 0 atom stereocenters. The van der Waals surface area contributed by atoms with Gasteiger partial charge in [0, 0.05) is 23.5 Å². The smallest absolute Gasteiger partial charge is 0.298 e. The van der Waals surface area contributed by atoms with Crippen molar-refractivity contribution in [2.45, 2.75) is 0 Å². The quantitative estimate of drug-likeness (QED) is 0.453. The predicted octanol–water partition coefficient (Wildman–Crippen LogP) is 3.82. The summed E-state index contributed by atoms with van der Waals surface area (Å²) in [6.07, 6.45) is 4.89. The van der Waals surface area contributed by atoms with Crippen molar-refractivity contribution >= 4 is 22.9 Å². The molecule has 126 valence electrons. The number of ketones is 1. The average Bonchev–Trinajstić information content (AvgIpc) is 3.08. The Hall–Kier alpha value is -3.73. The highest BCUT2D eigenvalue weighted by atomic mass is 16.2. The van der Waals surface area contributed by atoms with Crippen molar-refractivity contribution in [1.29, 1.82) is 0 Å². The lowest BCUT2D eigenvalue weighted by Gasteiger charge is -2.07. The molecule has 3 heterocycles. The lowest BCUT2D eigenvalue weighted by atomic mass is 10.0. The van der Waals surface area contributed by atoms with Crippen LogP contribution < -0.4 is 5.32 Å². The topological polar surface area (TPSA) is 63.5 Å². The molecule has 0 saturated carbocycles. The number of rotatable bonds is 4. The number of hydrogen-bond acceptors (Lipinski definition) is 3. The number of pyridine rings is 2. The third-order valence-corrected chi connectivity index (χ3v) is 4.11. The SMILES string of the molecule is O=C(Nc1cccnc1)C(=O)c1c(-c2ccccc2)cc2ccccn12. The Morgan fingerprint density at radius 3 is 2.50 bits per heavy atom. The summed E-state index contributed by atoms with van der Waals surface area (Å²) in [4.78, 5) is 29.4. The summed E-state index contributed by atoms with van der Waals surface area (Å²) in [6, 6.07) is 20.5. The molecule has 0 fully saturated rings. The predicted molar refractivity (Wildman–Crippen MR) is 100 cm³/mol. The molecular formula is C21H15N3O2. The highest BCUT2D eigenvalue weighted by Gasteiger charge is 2.24. The van der Waals surface area contributed by atoms with Crippen LogP contribution >= 0.6 is 0 Å². The normalized spacial score (nSPS) is 10.6. The number of hydrogen-bond donors (Lipinski definition) is 1. The van der Waals surface area contributed by atoms with Gasteiger partial charge in [-0.05, 0) is 35.9 Å². The maximum atomic E-state index is 13.0. The van der Waals surface area contributed by atoms with Gasteiger partial charge in [-0.25, -0.2) is 0 Å². The van der Waals surface area contributed by atoms with Crippen LogP contribution in [0.25, 0.3) is 16.6 Å². The third-order valence-electron chi connectivity index (χ3n) is 4.11. The van der Waals surface area contributed by atoms with Gasteiger partial charge in [-0.1, -0.05) is 36.4 Å². The molecule has 4 aromatic rings. The molecule has 0 bridgehead atoms. The summed E-state index contributed by atoms with van der Waals surface area (Å²) in [6.45, 7) is 0. The van der Waals surface area contributed by atoms with Crippen molar-refractivity contribution in [2.75, 3.05) is 5.32 Å². The summed E-state index contributed by atoms with van der Waals surface area (Å²) in [7, 11) is 0. The number of carbonyl (C=O) groups is 2. The number of fused-ring (bicyclic) bond motifs is 1. The number of amides is 1. The first-order valence-electron chi connectivity index (χ1n) is 8.15. The fourth-order valence-electron chi connectivity index (χ4n) is 2.93. The van der Waals surface area contributed by atoms with Crippen LogP contribution in [0.15, 0.2) is 85.3 Å². The second kappa shape index (κ2) is 6.64. The maximum Gasteiger partial charge on any atom is 0.298 e. The van der Waals surface area contributed by atoms with Gasteiger partial charge in [0.25, 0.3) is 11.7 Å². The van der Waals surface area contributed by atoms with E-state index in [9.17, 15) is 9.59 Å². The van der Waals surface area contributed by atoms with Crippen molar-refractivity contribution in [2.24, 2.45) is 0 Å². The fourth-order valence-corrected chi connectivity index (χ4v) is 2.93. The van der Waals surface area contributed by atoms with Gasteiger partial charge in [-0.2, -0.15) is 0 Å². The van der Waals surface area contributed by atoms with E-state index in [1.807, 2.05) is 54.6 Å². The first kappa shape index (κ1) is 15.8. The molecule has 1 N–H and O–H groups in total. The molecule has 0 aliphatic rings. The fraction of sp³-hybridized carbons (Fsp3) is 0. The molecule has 5 nitrogen and oxygen atoms in total. The molecule has 26 heavy (non-hydrogen) atoms. The first-order chi connectivity index (χ1) is 12.7. The van der Waals surface area contributed by atoms with Crippen molar-refractivity contribution in [3.8, 4) is 11.1 Å². The van der Waals surface area contributed by atoms with Gasteiger partial charge < -0.3 is 9.72 Å². The van der Waals surface area contributed by atoms with E-state index in [1.54, 1.807) is 28.9 Å². The summed E-state index contributed by atoms with van der Waals surface area (Å²) in [5.41, 5.74) is 3.28. The van der Waals surface area contributed by atoms with Crippen LogP contribution in [0.4, 0.5) is 5.69 Å². The van der Waals surface area contributed by atoms with Crippen LogP contribution in [-0.4, -0.2) is 21.1 Å². The van der Waals surface area contributed by atoms with Gasteiger partial charge in [0.15, 0.2) is 0 Å². The van der Waals surface area contributed by atoms with Gasteiger partial charge in [0.05, 0.1) is 11.9 Å². The van der Waals surface area contributed by atoms with E-state index in [4.69, 9.17) is 0 Å². The Labute approximate surface area is 149 Å². The number of nitrogens with one attached hydrogen (secondary N) is 1. The molecule has 1 aromatic carbocycles. The molecule has 0 saturated heterocycles. The highest BCUT2D eigenvalue weighted by Crippen LogP contribution is 2.28. The highest BCUT2D eigenvalue weighted by molar-refractivity contribution is 6.47.